The summed E-state index contributed by atoms with van der Waals surface area (Å²) in [5, 5.41) is 10.4. The van der Waals surface area contributed by atoms with Gasteiger partial charge in [-0.05, 0) is 101 Å². The van der Waals surface area contributed by atoms with Crippen molar-refractivity contribution >= 4 is 28.9 Å². The number of esters is 1. The van der Waals surface area contributed by atoms with Crippen molar-refractivity contribution in [3.63, 3.8) is 0 Å². The predicted octanol–water partition coefficient (Wildman–Crippen LogP) is 7.19. The molecule has 264 valence electrons. The van der Waals surface area contributed by atoms with E-state index in [4.69, 9.17) is 9.47 Å². The summed E-state index contributed by atoms with van der Waals surface area (Å²) in [5.41, 5.74) is 2.97. The summed E-state index contributed by atoms with van der Waals surface area (Å²) >= 11 is 0. The summed E-state index contributed by atoms with van der Waals surface area (Å²) in [6.07, 6.45) is 10.3. The van der Waals surface area contributed by atoms with Crippen molar-refractivity contribution < 1.29 is 23.9 Å². The molecular formula is C40H54N4O5. The van der Waals surface area contributed by atoms with Gasteiger partial charge in [-0.15, -0.1) is 0 Å². The molecule has 9 heteroatoms. The molecule has 4 unspecified atom stereocenters. The highest BCUT2D eigenvalue weighted by Gasteiger charge is 2.39. The van der Waals surface area contributed by atoms with Gasteiger partial charge >= 0.3 is 12.1 Å². The molecule has 5 rings (SSSR count). The molecule has 3 aromatic rings. The molecule has 0 spiro atoms. The molecule has 49 heavy (non-hydrogen) atoms. The Balaban J connectivity index is 0.00000541. The van der Waals surface area contributed by atoms with Crippen LogP contribution in [0.25, 0.3) is 10.9 Å². The van der Waals surface area contributed by atoms with Crippen LogP contribution in [0.2, 0.25) is 0 Å². The zero-order valence-electron chi connectivity index (χ0n) is 29.8. The van der Waals surface area contributed by atoms with E-state index in [9.17, 15) is 14.4 Å². The number of hydrogen-bond donors (Lipinski definition) is 4. The third-order valence-electron chi connectivity index (χ3n) is 9.66. The highest BCUT2D eigenvalue weighted by molar-refractivity contribution is 5.91. The minimum absolute atomic E-state index is 0. The van der Waals surface area contributed by atoms with Gasteiger partial charge in [0.15, 0.2) is 0 Å². The highest BCUT2D eigenvalue weighted by Crippen LogP contribution is 2.41. The molecule has 0 saturated heterocycles. The van der Waals surface area contributed by atoms with E-state index >= 15 is 0 Å². The maximum atomic E-state index is 14.0. The average molecular weight is 671 g/mol. The number of ether oxygens (including phenoxy) is 2. The number of amides is 2. The van der Waals surface area contributed by atoms with Crippen molar-refractivity contribution in [2.45, 2.75) is 110 Å². The van der Waals surface area contributed by atoms with Crippen molar-refractivity contribution in [2.24, 2.45) is 11.8 Å². The van der Waals surface area contributed by atoms with E-state index in [0.717, 1.165) is 59.2 Å². The number of alkyl carbamates (subject to hydrolysis) is 1. The van der Waals surface area contributed by atoms with Crippen LogP contribution in [0.3, 0.4) is 0 Å². The molecule has 2 radical (unpaired) electrons. The number of aromatic nitrogens is 1. The molecule has 1 heterocycles. The Labute approximate surface area is 292 Å². The first-order valence-electron chi connectivity index (χ1n) is 17.4. The minimum atomic E-state index is -1.24. The van der Waals surface area contributed by atoms with Crippen LogP contribution in [0.4, 0.5) is 4.79 Å². The van der Waals surface area contributed by atoms with Gasteiger partial charge in [-0.25, -0.2) is 9.59 Å². The van der Waals surface area contributed by atoms with Crippen LogP contribution in [0.1, 0.15) is 89.8 Å². The Morgan fingerprint density at radius 3 is 2.43 bits per heavy atom. The lowest BCUT2D eigenvalue weighted by molar-refractivity contribution is -0.148. The quantitative estimate of drug-likeness (QED) is 0.120. The van der Waals surface area contributed by atoms with Gasteiger partial charge in [0.05, 0.1) is 0 Å². The summed E-state index contributed by atoms with van der Waals surface area (Å²) < 4.78 is 11.4. The van der Waals surface area contributed by atoms with Gasteiger partial charge in [-0.3, -0.25) is 4.79 Å². The number of rotatable bonds is 12. The van der Waals surface area contributed by atoms with E-state index in [1.54, 1.807) is 6.92 Å². The largest absolute Gasteiger partial charge is 0.457 e. The van der Waals surface area contributed by atoms with Crippen LogP contribution in [0.5, 0.6) is 0 Å². The second-order valence-corrected chi connectivity index (χ2v) is 14.8. The molecule has 4 N–H and O–H groups in total. The van der Waals surface area contributed by atoms with Crippen molar-refractivity contribution in [1.29, 1.82) is 0 Å². The third kappa shape index (κ3) is 10.4. The molecule has 2 saturated carbocycles. The maximum Gasteiger partial charge on any atom is 0.408 e. The first-order valence-corrected chi connectivity index (χ1v) is 17.4. The molecular weight excluding hydrogens is 616 g/mol. The number of fused-ring (bicyclic) bond motifs is 3. The average Bonchev–Trinajstić information content (AvgIpc) is 3.43. The van der Waals surface area contributed by atoms with Gasteiger partial charge in [-0.2, -0.15) is 0 Å². The second kappa shape index (κ2) is 16.4. The standard InChI is InChI=1S/C39H52N4O5.CH2/c1-26(21-35(44)48-38(2,3)4)41-24-30-13-7-6-12-28(30)19-20-40-36(45)39(5,23-31-25-42-33-16-9-8-15-32(31)33)43-37(46)47-34-18-17-27-11-10-14-29(34)22-27;/h6-9,12-13,15-16,21,25,27,29,34,41-42H,10-11,14,17-20,22-24H2,1-5H3,(H,40,45)(H,43,46);1H2. The maximum absolute atomic E-state index is 14.0. The van der Waals surface area contributed by atoms with E-state index in [2.05, 4.69) is 20.9 Å². The molecule has 9 nitrogen and oxygen atoms in total. The van der Waals surface area contributed by atoms with Gasteiger partial charge in [0, 0.05) is 48.4 Å². The van der Waals surface area contributed by atoms with Crippen LogP contribution < -0.4 is 16.0 Å². The number of benzene rings is 2. The number of para-hydroxylation sites is 1. The molecule has 2 fully saturated rings. The fourth-order valence-electron chi connectivity index (χ4n) is 7.23. The van der Waals surface area contributed by atoms with Gasteiger partial charge in [-0.1, -0.05) is 62.7 Å². The molecule has 0 aliphatic heterocycles. The third-order valence-corrected chi connectivity index (χ3v) is 9.66. The Bertz CT molecular complexity index is 1620. The Hall–Kier alpha value is -4.27. The van der Waals surface area contributed by atoms with Crippen LogP contribution in [0.15, 0.2) is 66.5 Å². The molecule has 1 aromatic heterocycles. The zero-order valence-corrected chi connectivity index (χ0v) is 29.8. The van der Waals surface area contributed by atoms with E-state index < -0.39 is 23.2 Å². The molecule has 2 aliphatic carbocycles. The number of aromatic amines is 1. The summed E-state index contributed by atoms with van der Waals surface area (Å²) in [5.74, 6) is 0.502. The van der Waals surface area contributed by atoms with Crippen molar-refractivity contribution in [2.75, 3.05) is 6.54 Å². The van der Waals surface area contributed by atoms with Crippen molar-refractivity contribution in [1.82, 2.24) is 20.9 Å². The number of H-pyrrole nitrogens is 1. The van der Waals surface area contributed by atoms with Crippen LogP contribution in [0, 0.1) is 19.3 Å². The van der Waals surface area contributed by atoms with E-state index in [1.165, 1.54) is 18.9 Å². The van der Waals surface area contributed by atoms with E-state index in [1.807, 2.05) is 82.4 Å². The fourth-order valence-corrected chi connectivity index (χ4v) is 7.23. The number of carbonyl (C=O) groups is 3. The SMILES string of the molecule is CC(=CC(=O)OC(C)(C)C)NCc1ccccc1CCNC(=O)C(C)(Cc1c[nH]c2ccccc12)NC(=O)OC1CCC2CCCC1C2.[CH2]. The van der Waals surface area contributed by atoms with Crippen LogP contribution >= 0.6 is 0 Å². The first-order chi connectivity index (χ1) is 22.9. The summed E-state index contributed by atoms with van der Waals surface area (Å²) in [7, 11) is 0. The molecule has 2 bridgehead atoms. The minimum Gasteiger partial charge on any atom is -0.457 e. The van der Waals surface area contributed by atoms with Gasteiger partial charge in [0.2, 0.25) is 5.91 Å². The lowest BCUT2D eigenvalue weighted by atomic mass is 9.71. The highest BCUT2D eigenvalue weighted by atomic mass is 16.6. The summed E-state index contributed by atoms with van der Waals surface area (Å²) in [4.78, 5) is 42.9. The lowest BCUT2D eigenvalue weighted by Gasteiger charge is -2.40. The summed E-state index contributed by atoms with van der Waals surface area (Å²) in [6, 6.07) is 16.0. The number of allylic oxidation sites excluding steroid dienone is 1. The molecule has 2 aliphatic rings. The Kier molecular flexibility index (Phi) is 12.6. The van der Waals surface area contributed by atoms with E-state index in [0.29, 0.717) is 37.5 Å². The van der Waals surface area contributed by atoms with Gasteiger partial charge in [0.1, 0.15) is 17.2 Å². The molecule has 2 amide bonds. The molecule has 2 aromatic carbocycles. The number of hydrogen-bond acceptors (Lipinski definition) is 6. The second-order valence-electron chi connectivity index (χ2n) is 14.8. The van der Waals surface area contributed by atoms with Crippen molar-refractivity contribution in [3.05, 3.63) is 90.6 Å². The summed E-state index contributed by atoms with van der Waals surface area (Å²) in [6.45, 7) is 10.0. The van der Waals surface area contributed by atoms with Crippen molar-refractivity contribution in [3.8, 4) is 0 Å². The Morgan fingerprint density at radius 2 is 1.65 bits per heavy atom. The zero-order chi connectivity index (χ0) is 34.3. The Morgan fingerprint density at radius 1 is 0.918 bits per heavy atom. The van der Waals surface area contributed by atoms with Crippen LogP contribution in [-0.2, 0) is 38.4 Å². The lowest BCUT2D eigenvalue weighted by Crippen LogP contribution is -2.59. The fraction of sp³-hybridized carbons (Fsp3) is 0.500. The number of carbonyl (C=O) groups excluding carboxylic acids is 3. The number of nitrogens with one attached hydrogen (secondary N) is 4. The van der Waals surface area contributed by atoms with E-state index in [-0.39, 0.29) is 19.4 Å². The smallest absolute Gasteiger partial charge is 0.408 e. The monoisotopic (exact) mass is 670 g/mol. The van der Waals surface area contributed by atoms with Crippen LogP contribution in [-0.4, -0.2) is 46.7 Å². The topological polar surface area (TPSA) is 122 Å². The first kappa shape index (κ1) is 37.5. The predicted molar refractivity (Wildman–Crippen MR) is 193 cm³/mol. The normalized spacial score (nSPS) is 20.3. The van der Waals surface area contributed by atoms with Gasteiger partial charge in [0.25, 0.3) is 0 Å². The molecule has 4 atom stereocenters. The van der Waals surface area contributed by atoms with Gasteiger partial charge < -0.3 is 30.4 Å².